The second-order valence-electron chi connectivity index (χ2n) is 14.4. The van der Waals surface area contributed by atoms with E-state index < -0.39 is 0 Å². The maximum absolute atomic E-state index is 6.99. The molecule has 0 fully saturated rings. The number of thiophene rings is 1. The molecule has 0 saturated heterocycles. The van der Waals surface area contributed by atoms with E-state index in [-0.39, 0.29) is 17.4 Å². The second-order valence-corrected chi connectivity index (χ2v) is 15.4. The fraction of sp³-hybridized carbons (Fsp3) is 0.238. The first kappa shape index (κ1) is 27.7. The highest BCUT2D eigenvalue weighted by Gasteiger charge is 2.42. The second kappa shape index (κ2) is 10.2. The lowest BCUT2D eigenvalue weighted by Gasteiger charge is -2.28. The van der Waals surface area contributed by atoms with Crippen molar-refractivity contribution < 1.29 is 13.6 Å². The number of aromatic nitrogens is 2. The van der Waals surface area contributed by atoms with E-state index in [1.54, 1.807) is 11.3 Å². The third kappa shape index (κ3) is 4.30. The number of aryl methyl sites for hydroxylation is 1. The summed E-state index contributed by atoms with van der Waals surface area (Å²) in [5.74, 6) is 0.269. The van der Waals surface area contributed by atoms with Gasteiger partial charge in [0.25, 0.3) is 0 Å². The van der Waals surface area contributed by atoms with Gasteiger partial charge in [-0.2, -0.15) is 9.13 Å². The zero-order chi connectivity index (χ0) is 31.2. The molecule has 3 aromatic carbocycles. The third-order valence-corrected chi connectivity index (χ3v) is 11.0. The van der Waals surface area contributed by atoms with Gasteiger partial charge >= 0.3 is 0 Å². The normalized spacial score (nSPS) is 18.1. The Morgan fingerprint density at radius 2 is 1.70 bits per heavy atom. The summed E-state index contributed by atoms with van der Waals surface area (Å²) >= 11 is 1.77. The Balaban J connectivity index is 1.35. The number of benzene rings is 3. The summed E-state index contributed by atoms with van der Waals surface area (Å²) in [6.07, 6.45) is 11.4. The van der Waals surface area contributed by atoms with Gasteiger partial charge in [0.05, 0.1) is 11.1 Å². The zero-order valence-electron chi connectivity index (χ0n) is 26.9. The lowest BCUT2D eigenvalue weighted by molar-refractivity contribution is -0.733. The van der Waals surface area contributed by atoms with Gasteiger partial charge in [-0.3, -0.25) is 0 Å². The van der Waals surface area contributed by atoms with Crippen LogP contribution >= 0.6 is 11.3 Å². The molecule has 0 bridgehead atoms. The molecule has 2 aliphatic heterocycles. The van der Waals surface area contributed by atoms with Crippen LogP contribution in [0.4, 0.5) is 0 Å². The highest BCUT2D eigenvalue weighted by atomic mass is 32.1. The standard InChI is InChI=1S/C42H38N2OS/c1-26-24-43-25-34-29-11-5-6-12-30(29)35-13-7-8-20-44(35)36(34)14-9-10-27-15-16-32-31-17-18-38-33(19-21-46-38)40(31)45-41(32)39(27)37(43)22-28(26)23-42(2,3)4/h5-9,11-22,24,34,36H,10,23,25H2,1-4H3/q+2/b14-9+. The van der Waals surface area contributed by atoms with Crippen LogP contribution in [0.2, 0.25) is 0 Å². The minimum atomic E-state index is 0.175. The average Bonchev–Trinajstić information content (AvgIpc) is 3.68. The number of nitrogens with zero attached hydrogens (tertiary/aromatic N) is 2. The quantitative estimate of drug-likeness (QED) is 0.132. The first-order valence-electron chi connectivity index (χ1n) is 16.5. The van der Waals surface area contributed by atoms with Crippen molar-refractivity contribution in [2.24, 2.45) is 5.41 Å². The van der Waals surface area contributed by atoms with E-state index in [1.807, 2.05) is 0 Å². The number of hydrogen-bond acceptors (Lipinski definition) is 2. The molecule has 0 saturated carbocycles. The lowest BCUT2D eigenvalue weighted by Crippen LogP contribution is -2.51. The Bertz CT molecular complexity index is 2370. The van der Waals surface area contributed by atoms with Crippen LogP contribution in [0.3, 0.4) is 0 Å². The number of furan rings is 1. The van der Waals surface area contributed by atoms with E-state index in [2.05, 4.69) is 146 Å². The summed E-state index contributed by atoms with van der Waals surface area (Å²) in [4.78, 5) is 0. The monoisotopic (exact) mass is 618 g/mol. The topological polar surface area (TPSA) is 20.9 Å². The van der Waals surface area contributed by atoms with Gasteiger partial charge in [-0.15, -0.1) is 11.3 Å². The van der Waals surface area contributed by atoms with E-state index in [0.29, 0.717) is 0 Å². The molecule has 0 radical (unpaired) electrons. The Morgan fingerprint density at radius 1 is 0.870 bits per heavy atom. The molecule has 0 amide bonds. The van der Waals surface area contributed by atoms with Gasteiger partial charge in [0.15, 0.2) is 25.0 Å². The van der Waals surface area contributed by atoms with Crippen molar-refractivity contribution >= 4 is 43.4 Å². The summed E-state index contributed by atoms with van der Waals surface area (Å²) in [7, 11) is 0. The van der Waals surface area contributed by atoms with Gasteiger partial charge < -0.3 is 4.42 Å². The molecule has 6 heterocycles. The van der Waals surface area contributed by atoms with E-state index in [9.17, 15) is 0 Å². The maximum atomic E-state index is 6.99. The smallest absolute Gasteiger partial charge is 0.216 e. The minimum Gasteiger partial charge on any atom is -0.454 e. The summed E-state index contributed by atoms with van der Waals surface area (Å²) in [6.45, 7) is 10.2. The summed E-state index contributed by atoms with van der Waals surface area (Å²) in [5.41, 5.74) is 12.7. The van der Waals surface area contributed by atoms with E-state index in [4.69, 9.17) is 4.42 Å². The number of allylic oxidation sites excluding steroid dienone is 2. The predicted molar refractivity (Wildman–Crippen MR) is 189 cm³/mol. The number of fused-ring (bicyclic) bond motifs is 15. The number of rotatable bonds is 1. The maximum Gasteiger partial charge on any atom is 0.216 e. The van der Waals surface area contributed by atoms with Crippen LogP contribution in [-0.2, 0) is 19.4 Å². The average molecular weight is 619 g/mol. The molecule has 2 aliphatic rings. The predicted octanol–water partition coefficient (Wildman–Crippen LogP) is 10.1. The molecule has 226 valence electrons. The summed E-state index contributed by atoms with van der Waals surface area (Å²) < 4.78 is 13.3. The first-order valence-corrected chi connectivity index (χ1v) is 17.4. The van der Waals surface area contributed by atoms with Crippen molar-refractivity contribution in [2.75, 3.05) is 0 Å². The van der Waals surface area contributed by atoms with Gasteiger partial charge in [-0.1, -0.05) is 57.2 Å². The van der Waals surface area contributed by atoms with Crippen LogP contribution in [0.1, 0.15) is 55.0 Å². The molecule has 46 heavy (non-hydrogen) atoms. The van der Waals surface area contributed by atoms with Crippen LogP contribution < -0.4 is 9.13 Å². The molecule has 4 heteroatoms. The largest absolute Gasteiger partial charge is 0.454 e. The van der Waals surface area contributed by atoms with Crippen molar-refractivity contribution in [3.8, 4) is 22.5 Å². The fourth-order valence-corrected chi connectivity index (χ4v) is 8.85. The van der Waals surface area contributed by atoms with Gasteiger partial charge in [-0.25, -0.2) is 0 Å². The summed E-state index contributed by atoms with van der Waals surface area (Å²) in [5, 5.41) is 5.76. The molecule has 9 rings (SSSR count). The van der Waals surface area contributed by atoms with Crippen molar-refractivity contribution in [1.82, 2.24) is 0 Å². The Labute approximate surface area is 274 Å². The third-order valence-electron chi connectivity index (χ3n) is 10.1. The van der Waals surface area contributed by atoms with Gasteiger partial charge in [0.1, 0.15) is 17.1 Å². The molecule has 7 aromatic rings. The Kier molecular flexibility index (Phi) is 6.17. The van der Waals surface area contributed by atoms with Crippen molar-refractivity contribution in [3.05, 3.63) is 131 Å². The van der Waals surface area contributed by atoms with E-state index in [1.165, 1.54) is 65.6 Å². The van der Waals surface area contributed by atoms with E-state index in [0.717, 1.165) is 30.6 Å². The van der Waals surface area contributed by atoms with E-state index >= 15 is 0 Å². The molecule has 2 unspecified atom stereocenters. The van der Waals surface area contributed by atoms with Crippen LogP contribution in [-0.4, -0.2) is 0 Å². The Morgan fingerprint density at radius 3 is 2.59 bits per heavy atom. The van der Waals surface area contributed by atoms with Crippen molar-refractivity contribution in [3.63, 3.8) is 0 Å². The Hall–Kier alpha value is -4.54. The van der Waals surface area contributed by atoms with Gasteiger partial charge in [0, 0.05) is 44.6 Å². The fourth-order valence-electron chi connectivity index (χ4n) is 8.07. The van der Waals surface area contributed by atoms with Gasteiger partial charge in [0.2, 0.25) is 11.4 Å². The van der Waals surface area contributed by atoms with Crippen LogP contribution in [0.5, 0.6) is 0 Å². The van der Waals surface area contributed by atoms with Crippen LogP contribution in [0.15, 0.2) is 113 Å². The molecule has 0 aliphatic carbocycles. The SMILES string of the molecule is Cc1c[n+]2c(cc1CC(C)(C)C)-c1c(ccc3c1oc1c4ccsc4ccc31)C/C=C/C1C(C2)c2ccccc2-c2cccc[n+]21. The molecule has 4 aromatic heterocycles. The van der Waals surface area contributed by atoms with Crippen molar-refractivity contribution in [2.45, 2.75) is 59.0 Å². The molecule has 2 atom stereocenters. The molecule has 0 N–H and O–H groups in total. The van der Waals surface area contributed by atoms with Crippen LogP contribution in [0.25, 0.3) is 54.5 Å². The highest BCUT2D eigenvalue weighted by Crippen LogP contribution is 2.43. The summed E-state index contributed by atoms with van der Waals surface area (Å²) in [6, 6.07) is 29.7. The number of hydrogen-bond donors (Lipinski definition) is 0. The van der Waals surface area contributed by atoms with Gasteiger partial charge in [-0.05, 0) is 83.7 Å². The molecular formula is C42H38N2OS+2. The molecule has 3 nitrogen and oxygen atoms in total. The molecule has 0 spiro atoms. The lowest BCUT2D eigenvalue weighted by atomic mass is 9.81. The minimum absolute atomic E-state index is 0.175. The highest BCUT2D eigenvalue weighted by molar-refractivity contribution is 7.17. The van der Waals surface area contributed by atoms with Crippen LogP contribution in [0, 0.1) is 12.3 Å². The molecular weight excluding hydrogens is 581 g/mol. The first-order chi connectivity index (χ1) is 22.3. The number of pyridine rings is 2. The zero-order valence-corrected chi connectivity index (χ0v) is 27.7. The van der Waals surface area contributed by atoms with Crippen molar-refractivity contribution in [1.29, 1.82) is 0 Å².